The zero-order valence-corrected chi connectivity index (χ0v) is 9.66. The minimum atomic E-state index is -0.255. The number of hydrogen-bond donors (Lipinski definition) is 2. The van der Waals surface area contributed by atoms with Crippen molar-refractivity contribution in [2.45, 2.75) is 13.8 Å². The first-order chi connectivity index (χ1) is 8.06. The van der Waals surface area contributed by atoms with E-state index in [1.54, 1.807) is 25.3 Å². The van der Waals surface area contributed by atoms with Crippen LogP contribution in [0.15, 0.2) is 24.4 Å². The van der Waals surface area contributed by atoms with Gasteiger partial charge in [-0.1, -0.05) is 6.07 Å². The SMILES string of the molecule is Cc1ccc(Nc2nc(N)ncc2C)cc1F. The molecule has 0 amide bonds. The van der Waals surface area contributed by atoms with Crippen molar-refractivity contribution in [1.29, 1.82) is 0 Å². The van der Waals surface area contributed by atoms with E-state index in [0.29, 0.717) is 17.1 Å². The summed E-state index contributed by atoms with van der Waals surface area (Å²) >= 11 is 0. The molecule has 0 aliphatic carbocycles. The van der Waals surface area contributed by atoms with E-state index in [-0.39, 0.29) is 11.8 Å². The van der Waals surface area contributed by atoms with Crippen LogP contribution in [0.1, 0.15) is 11.1 Å². The van der Waals surface area contributed by atoms with Crippen molar-refractivity contribution in [2.24, 2.45) is 0 Å². The summed E-state index contributed by atoms with van der Waals surface area (Å²) in [5, 5.41) is 3.01. The number of nitrogens with zero attached hydrogens (tertiary/aromatic N) is 2. The van der Waals surface area contributed by atoms with E-state index in [2.05, 4.69) is 15.3 Å². The number of aryl methyl sites for hydroxylation is 2. The second kappa shape index (κ2) is 4.37. The molecule has 1 heterocycles. The Bertz CT molecular complexity index is 554. The molecule has 4 nitrogen and oxygen atoms in total. The average Bonchev–Trinajstić information content (AvgIpc) is 2.29. The van der Waals surface area contributed by atoms with Crippen molar-refractivity contribution in [3.05, 3.63) is 41.3 Å². The quantitative estimate of drug-likeness (QED) is 0.835. The second-order valence-electron chi connectivity index (χ2n) is 3.85. The van der Waals surface area contributed by atoms with Crippen LogP contribution in [0.25, 0.3) is 0 Å². The first kappa shape index (κ1) is 11.3. The van der Waals surface area contributed by atoms with Gasteiger partial charge in [-0.2, -0.15) is 4.98 Å². The summed E-state index contributed by atoms with van der Waals surface area (Å²) in [6.07, 6.45) is 1.62. The van der Waals surface area contributed by atoms with Crippen molar-refractivity contribution in [2.75, 3.05) is 11.1 Å². The van der Waals surface area contributed by atoms with Gasteiger partial charge in [0.05, 0.1) is 0 Å². The number of benzene rings is 1. The molecule has 0 radical (unpaired) electrons. The summed E-state index contributed by atoms with van der Waals surface area (Å²) in [5.41, 5.74) is 7.59. The molecule has 0 unspecified atom stereocenters. The predicted molar refractivity (Wildman–Crippen MR) is 65.6 cm³/mol. The Morgan fingerprint density at radius 3 is 2.71 bits per heavy atom. The summed E-state index contributed by atoms with van der Waals surface area (Å²) in [6.45, 7) is 3.57. The van der Waals surface area contributed by atoms with Crippen LogP contribution in [0.3, 0.4) is 0 Å². The van der Waals surface area contributed by atoms with Crippen molar-refractivity contribution >= 4 is 17.5 Å². The molecular formula is C12H13FN4. The molecule has 88 valence electrons. The highest BCUT2D eigenvalue weighted by molar-refractivity contribution is 5.60. The number of halogens is 1. The highest BCUT2D eigenvalue weighted by Crippen LogP contribution is 2.20. The maximum atomic E-state index is 13.4. The molecule has 0 aliphatic rings. The molecule has 2 rings (SSSR count). The van der Waals surface area contributed by atoms with Crippen LogP contribution in [-0.2, 0) is 0 Å². The smallest absolute Gasteiger partial charge is 0.221 e. The summed E-state index contributed by atoms with van der Waals surface area (Å²) in [5.74, 6) is 0.515. The zero-order valence-electron chi connectivity index (χ0n) is 9.66. The molecule has 1 aromatic heterocycles. The van der Waals surface area contributed by atoms with Gasteiger partial charge in [-0.15, -0.1) is 0 Å². The van der Waals surface area contributed by atoms with Crippen LogP contribution in [-0.4, -0.2) is 9.97 Å². The lowest BCUT2D eigenvalue weighted by Gasteiger charge is -2.09. The van der Waals surface area contributed by atoms with Gasteiger partial charge >= 0.3 is 0 Å². The van der Waals surface area contributed by atoms with Gasteiger partial charge in [0.25, 0.3) is 0 Å². The highest BCUT2D eigenvalue weighted by Gasteiger charge is 2.04. The van der Waals surface area contributed by atoms with Crippen LogP contribution in [0, 0.1) is 19.7 Å². The van der Waals surface area contributed by atoms with Gasteiger partial charge in [0.1, 0.15) is 11.6 Å². The molecule has 0 saturated heterocycles. The molecule has 2 aromatic rings. The summed E-state index contributed by atoms with van der Waals surface area (Å²) in [4.78, 5) is 7.92. The third kappa shape index (κ3) is 2.50. The van der Waals surface area contributed by atoms with Crippen LogP contribution < -0.4 is 11.1 Å². The summed E-state index contributed by atoms with van der Waals surface area (Å²) < 4.78 is 13.4. The lowest BCUT2D eigenvalue weighted by atomic mass is 10.2. The first-order valence-electron chi connectivity index (χ1n) is 5.18. The highest BCUT2D eigenvalue weighted by atomic mass is 19.1. The second-order valence-corrected chi connectivity index (χ2v) is 3.85. The Morgan fingerprint density at radius 2 is 2.00 bits per heavy atom. The van der Waals surface area contributed by atoms with E-state index in [1.165, 1.54) is 6.07 Å². The van der Waals surface area contributed by atoms with Crippen molar-refractivity contribution in [1.82, 2.24) is 9.97 Å². The zero-order chi connectivity index (χ0) is 12.4. The van der Waals surface area contributed by atoms with E-state index in [0.717, 1.165) is 5.56 Å². The maximum absolute atomic E-state index is 13.4. The molecule has 0 fully saturated rings. The molecule has 0 aliphatic heterocycles. The normalized spacial score (nSPS) is 10.3. The fraction of sp³-hybridized carbons (Fsp3) is 0.167. The predicted octanol–water partition coefficient (Wildman–Crippen LogP) is 2.56. The Hall–Kier alpha value is -2.17. The fourth-order valence-electron chi connectivity index (χ4n) is 1.39. The molecule has 0 saturated carbocycles. The van der Waals surface area contributed by atoms with Crippen molar-refractivity contribution in [3.63, 3.8) is 0 Å². The number of rotatable bonds is 2. The van der Waals surface area contributed by atoms with Gasteiger partial charge in [-0.25, -0.2) is 9.37 Å². The summed E-state index contributed by atoms with van der Waals surface area (Å²) in [6, 6.07) is 4.92. The van der Waals surface area contributed by atoms with Crippen LogP contribution in [0.4, 0.5) is 21.8 Å². The van der Waals surface area contributed by atoms with E-state index in [1.807, 2.05) is 6.92 Å². The number of nitrogen functional groups attached to an aromatic ring is 1. The van der Waals surface area contributed by atoms with Crippen molar-refractivity contribution < 1.29 is 4.39 Å². The Morgan fingerprint density at radius 1 is 1.24 bits per heavy atom. The molecule has 1 aromatic carbocycles. The Labute approximate surface area is 98.7 Å². The first-order valence-corrected chi connectivity index (χ1v) is 5.18. The minimum Gasteiger partial charge on any atom is -0.368 e. The molecule has 0 spiro atoms. The lowest BCUT2D eigenvalue weighted by Crippen LogP contribution is -2.02. The number of aromatic nitrogens is 2. The van der Waals surface area contributed by atoms with Gasteiger partial charge in [0, 0.05) is 17.4 Å². The average molecular weight is 232 g/mol. The number of nitrogens with two attached hydrogens (primary N) is 1. The largest absolute Gasteiger partial charge is 0.368 e. The van der Waals surface area contributed by atoms with E-state index in [9.17, 15) is 4.39 Å². The molecule has 0 bridgehead atoms. The topological polar surface area (TPSA) is 63.8 Å². The van der Waals surface area contributed by atoms with Gasteiger partial charge in [-0.3, -0.25) is 0 Å². The van der Waals surface area contributed by atoms with E-state index < -0.39 is 0 Å². The molecule has 5 heteroatoms. The van der Waals surface area contributed by atoms with Gasteiger partial charge in [-0.05, 0) is 31.5 Å². The third-order valence-corrected chi connectivity index (χ3v) is 2.42. The third-order valence-electron chi connectivity index (χ3n) is 2.42. The fourth-order valence-corrected chi connectivity index (χ4v) is 1.39. The molecule has 0 atom stereocenters. The maximum Gasteiger partial charge on any atom is 0.221 e. The van der Waals surface area contributed by atoms with Gasteiger partial charge in [0.15, 0.2) is 0 Å². The van der Waals surface area contributed by atoms with Gasteiger partial charge < -0.3 is 11.1 Å². The van der Waals surface area contributed by atoms with Crippen molar-refractivity contribution in [3.8, 4) is 0 Å². The van der Waals surface area contributed by atoms with Gasteiger partial charge in [0.2, 0.25) is 5.95 Å². The molecule has 17 heavy (non-hydrogen) atoms. The molecular weight excluding hydrogens is 219 g/mol. The van der Waals surface area contributed by atoms with Crippen LogP contribution in [0.2, 0.25) is 0 Å². The van der Waals surface area contributed by atoms with E-state index in [4.69, 9.17) is 5.73 Å². The molecule has 3 N–H and O–H groups in total. The van der Waals surface area contributed by atoms with Crippen LogP contribution in [0.5, 0.6) is 0 Å². The Kier molecular flexibility index (Phi) is 2.91. The lowest BCUT2D eigenvalue weighted by molar-refractivity contribution is 0.619. The standard InChI is InChI=1S/C12H13FN4/c1-7-3-4-9(5-10(7)13)16-11-8(2)6-15-12(14)17-11/h3-6H,1-2H3,(H3,14,15,16,17). The number of hydrogen-bond acceptors (Lipinski definition) is 4. The minimum absolute atomic E-state index is 0.186. The Balaban J connectivity index is 2.31. The number of anilines is 3. The summed E-state index contributed by atoms with van der Waals surface area (Å²) in [7, 11) is 0. The van der Waals surface area contributed by atoms with E-state index >= 15 is 0 Å². The van der Waals surface area contributed by atoms with Crippen LogP contribution >= 0.6 is 0 Å². The monoisotopic (exact) mass is 232 g/mol. The number of nitrogens with one attached hydrogen (secondary N) is 1.